The lowest BCUT2D eigenvalue weighted by Crippen LogP contribution is -2.20. The predicted molar refractivity (Wildman–Crippen MR) is 146 cm³/mol. The van der Waals surface area contributed by atoms with Crippen molar-refractivity contribution in [3.8, 4) is 28.6 Å². The Morgan fingerprint density at radius 2 is 1.73 bits per heavy atom. The Balaban J connectivity index is 1.53. The third-order valence-corrected chi connectivity index (χ3v) is 6.60. The van der Waals surface area contributed by atoms with Crippen molar-refractivity contribution in [1.82, 2.24) is 20.2 Å². The third-order valence-electron chi connectivity index (χ3n) is 5.67. The molecule has 1 amide bonds. The Labute approximate surface area is 220 Å². The van der Waals surface area contributed by atoms with Gasteiger partial charge in [0.05, 0.1) is 12.0 Å². The molecule has 0 saturated heterocycles. The maximum absolute atomic E-state index is 12.4. The van der Waals surface area contributed by atoms with Gasteiger partial charge in [0.1, 0.15) is 11.5 Å². The number of nitrogens with zero attached hydrogens (tertiary/aromatic N) is 4. The summed E-state index contributed by atoms with van der Waals surface area (Å²) in [5.74, 6) is 0.215. The van der Waals surface area contributed by atoms with Gasteiger partial charge in [-0.25, -0.2) is 5.43 Å². The van der Waals surface area contributed by atoms with Gasteiger partial charge in [-0.2, -0.15) is 5.10 Å². The van der Waals surface area contributed by atoms with Crippen molar-refractivity contribution >= 4 is 23.9 Å². The first kappa shape index (κ1) is 26.0. The van der Waals surface area contributed by atoms with Crippen LogP contribution in [0.2, 0.25) is 0 Å². The standard InChI is InChI=1S/C28H29N5O3S/c1-18-5-12-22(13-6-18)33-26(19-7-10-21(11-8-19)28(2,3)4)31-32-27(33)37-17-25(36)30-29-16-20-9-14-23(34)15-24(20)35/h5-16,34-35H,17H2,1-4H3,(H,30,36). The van der Waals surface area contributed by atoms with E-state index in [9.17, 15) is 15.0 Å². The van der Waals surface area contributed by atoms with E-state index in [2.05, 4.69) is 53.6 Å². The van der Waals surface area contributed by atoms with Crippen LogP contribution < -0.4 is 5.43 Å². The molecule has 0 aliphatic heterocycles. The van der Waals surface area contributed by atoms with Crippen LogP contribution in [0, 0.1) is 6.92 Å². The van der Waals surface area contributed by atoms with Gasteiger partial charge in [-0.15, -0.1) is 10.2 Å². The highest BCUT2D eigenvalue weighted by molar-refractivity contribution is 7.99. The minimum atomic E-state index is -0.339. The number of thioether (sulfide) groups is 1. The molecule has 8 nitrogen and oxygen atoms in total. The number of amides is 1. The van der Waals surface area contributed by atoms with Crippen LogP contribution in [0.1, 0.15) is 37.5 Å². The van der Waals surface area contributed by atoms with E-state index in [0.29, 0.717) is 16.5 Å². The molecule has 0 fully saturated rings. The van der Waals surface area contributed by atoms with Crippen molar-refractivity contribution in [3.63, 3.8) is 0 Å². The largest absolute Gasteiger partial charge is 0.508 e. The first-order valence-electron chi connectivity index (χ1n) is 11.7. The number of aryl methyl sites for hydroxylation is 1. The van der Waals surface area contributed by atoms with E-state index in [0.717, 1.165) is 16.8 Å². The van der Waals surface area contributed by atoms with Gasteiger partial charge in [0.15, 0.2) is 11.0 Å². The smallest absolute Gasteiger partial charge is 0.250 e. The van der Waals surface area contributed by atoms with Crippen molar-refractivity contribution in [2.45, 2.75) is 38.3 Å². The van der Waals surface area contributed by atoms with E-state index < -0.39 is 0 Å². The van der Waals surface area contributed by atoms with Gasteiger partial charge >= 0.3 is 0 Å². The number of carbonyl (C=O) groups is 1. The van der Waals surface area contributed by atoms with Gasteiger partial charge in [-0.1, -0.05) is 74.5 Å². The summed E-state index contributed by atoms with van der Waals surface area (Å²) in [5.41, 5.74) is 7.05. The molecule has 4 aromatic rings. The number of aromatic nitrogens is 3. The number of hydrogen-bond donors (Lipinski definition) is 3. The molecule has 0 spiro atoms. The van der Waals surface area contributed by atoms with Crippen molar-refractivity contribution < 1.29 is 15.0 Å². The van der Waals surface area contributed by atoms with E-state index in [1.165, 1.54) is 41.7 Å². The number of carbonyl (C=O) groups excluding carboxylic acids is 1. The zero-order chi connectivity index (χ0) is 26.6. The number of rotatable bonds is 7. The van der Waals surface area contributed by atoms with Crippen LogP contribution in [0.3, 0.4) is 0 Å². The molecule has 0 saturated carbocycles. The molecule has 1 aromatic heterocycles. The van der Waals surface area contributed by atoms with Crippen LogP contribution in [0.5, 0.6) is 11.5 Å². The highest BCUT2D eigenvalue weighted by Gasteiger charge is 2.19. The van der Waals surface area contributed by atoms with Crippen LogP contribution in [0.25, 0.3) is 17.1 Å². The maximum Gasteiger partial charge on any atom is 0.250 e. The fraction of sp³-hybridized carbons (Fsp3) is 0.214. The second kappa shape index (κ2) is 10.9. The Morgan fingerprint density at radius 1 is 1.03 bits per heavy atom. The highest BCUT2D eigenvalue weighted by Crippen LogP contribution is 2.30. The SMILES string of the molecule is Cc1ccc(-n2c(SCC(=O)NN=Cc3ccc(O)cc3O)nnc2-c2ccc(C(C)(C)C)cc2)cc1. The Morgan fingerprint density at radius 3 is 2.38 bits per heavy atom. The molecule has 0 unspecified atom stereocenters. The molecular formula is C28H29N5O3S. The lowest BCUT2D eigenvalue weighted by Gasteiger charge is -2.19. The molecule has 0 aliphatic rings. The quantitative estimate of drug-likeness (QED) is 0.177. The summed E-state index contributed by atoms with van der Waals surface area (Å²) >= 11 is 1.25. The molecule has 190 valence electrons. The number of aromatic hydroxyl groups is 2. The van der Waals surface area contributed by atoms with Crippen LogP contribution in [-0.2, 0) is 10.2 Å². The van der Waals surface area contributed by atoms with Gasteiger partial charge in [0.25, 0.3) is 5.91 Å². The summed E-state index contributed by atoms with van der Waals surface area (Å²) in [4.78, 5) is 12.4. The van der Waals surface area contributed by atoms with Crippen LogP contribution in [0.4, 0.5) is 0 Å². The van der Waals surface area contributed by atoms with E-state index in [4.69, 9.17) is 0 Å². The molecule has 3 aromatic carbocycles. The topological polar surface area (TPSA) is 113 Å². The average molecular weight is 516 g/mol. The number of hydrazone groups is 1. The fourth-order valence-corrected chi connectivity index (χ4v) is 4.32. The molecule has 37 heavy (non-hydrogen) atoms. The van der Waals surface area contributed by atoms with Crippen molar-refractivity contribution in [2.24, 2.45) is 5.10 Å². The molecular weight excluding hydrogens is 486 g/mol. The maximum atomic E-state index is 12.4. The molecule has 0 radical (unpaired) electrons. The van der Waals surface area contributed by atoms with Gasteiger partial charge in [0.2, 0.25) is 0 Å². The minimum Gasteiger partial charge on any atom is -0.508 e. The summed E-state index contributed by atoms with van der Waals surface area (Å²) in [7, 11) is 0. The minimum absolute atomic E-state index is 0.0427. The molecule has 1 heterocycles. The van der Waals surface area contributed by atoms with E-state index >= 15 is 0 Å². The monoisotopic (exact) mass is 515 g/mol. The van der Waals surface area contributed by atoms with Crippen molar-refractivity contribution in [1.29, 1.82) is 0 Å². The number of benzene rings is 3. The Bertz CT molecular complexity index is 1420. The Kier molecular flexibility index (Phi) is 7.63. The highest BCUT2D eigenvalue weighted by atomic mass is 32.2. The first-order chi connectivity index (χ1) is 17.6. The summed E-state index contributed by atoms with van der Waals surface area (Å²) in [6, 6.07) is 20.5. The summed E-state index contributed by atoms with van der Waals surface area (Å²) in [6.45, 7) is 8.55. The van der Waals surface area contributed by atoms with Crippen LogP contribution >= 0.6 is 11.8 Å². The Hall–Kier alpha value is -4.11. The second-order valence-electron chi connectivity index (χ2n) is 9.63. The van der Waals surface area contributed by atoms with Gasteiger partial charge < -0.3 is 10.2 Å². The van der Waals surface area contributed by atoms with Crippen LogP contribution in [-0.4, -0.2) is 42.9 Å². The molecule has 3 N–H and O–H groups in total. The van der Waals surface area contributed by atoms with Crippen molar-refractivity contribution in [2.75, 3.05) is 5.75 Å². The van der Waals surface area contributed by atoms with E-state index in [1.807, 2.05) is 47.9 Å². The molecule has 0 atom stereocenters. The summed E-state index contributed by atoms with van der Waals surface area (Å²) in [5, 5.41) is 32.5. The summed E-state index contributed by atoms with van der Waals surface area (Å²) in [6.07, 6.45) is 1.31. The van der Waals surface area contributed by atoms with Gasteiger partial charge in [-0.3, -0.25) is 9.36 Å². The lowest BCUT2D eigenvalue weighted by atomic mass is 9.87. The number of nitrogens with one attached hydrogen (secondary N) is 1. The van der Waals surface area contributed by atoms with E-state index in [1.54, 1.807) is 0 Å². The number of phenols is 2. The zero-order valence-corrected chi connectivity index (χ0v) is 22.0. The first-order valence-corrected chi connectivity index (χ1v) is 12.7. The van der Waals surface area contributed by atoms with Crippen molar-refractivity contribution in [3.05, 3.63) is 83.4 Å². The van der Waals surface area contributed by atoms with Gasteiger partial charge in [-0.05, 0) is 42.2 Å². The van der Waals surface area contributed by atoms with E-state index in [-0.39, 0.29) is 28.6 Å². The fourth-order valence-electron chi connectivity index (χ4n) is 3.57. The summed E-state index contributed by atoms with van der Waals surface area (Å²) < 4.78 is 1.95. The zero-order valence-electron chi connectivity index (χ0n) is 21.1. The second-order valence-corrected chi connectivity index (χ2v) is 10.6. The number of phenolic OH excluding ortho intramolecular Hbond substituents is 2. The lowest BCUT2D eigenvalue weighted by molar-refractivity contribution is -0.118. The van der Waals surface area contributed by atoms with Gasteiger partial charge in [0, 0.05) is 22.9 Å². The molecule has 9 heteroatoms. The number of hydrogen-bond acceptors (Lipinski definition) is 7. The average Bonchev–Trinajstić information content (AvgIpc) is 3.28. The third kappa shape index (κ3) is 6.37. The molecule has 0 aliphatic carbocycles. The normalized spacial score (nSPS) is 11.7. The molecule has 4 rings (SSSR count). The predicted octanol–water partition coefficient (Wildman–Crippen LogP) is 5.19. The van der Waals surface area contributed by atoms with Crippen LogP contribution in [0.15, 0.2) is 77.0 Å². The molecule has 0 bridgehead atoms.